The fourth-order valence-electron chi connectivity index (χ4n) is 3.11. The van der Waals surface area contributed by atoms with Crippen LogP contribution in [-0.4, -0.2) is 47.7 Å². The first-order chi connectivity index (χ1) is 14.8. The number of benzene rings is 1. The SMILES string of the molecule is CC(=O)Nc1cnccc1CN1C(=O)N(c2ccc(S(=O)(=O)C(F)(F)F)cc2)C(=O)C1C. The predicted molar refractivity (Wildman–Crippen MR) is 106 cm³/mol. The van der Waals surface area contributed by atoms with E-state index >= 15 is 0 Å². The number of amides is 4. The van der Waals surface area contributed by atoms with Crippen LogP contribution in [0.25, 0.3) is 0 Å². The third-order valence-electron chi connectivity index (χ3n) is 4.75. The van der Waals surface area contributed by atoms with Crippen molar-refractivity contribution in [1.29, 1.82) is 0 Å². The number of carbonyl (C=O) groups is 3. The normalized spacial score (nSPS) is 17.1. The molecule has 4 amide bonds. The molecule has 2 aromatic rings. The van der Waals surface area contributed by atoms with Crippen molar-refractivity contribution in [3.05, 3.63) is 48.3 Å². The van der Waals surface area contributed by atoms with Crippen LogP contribution in [-0.2, 0) is 26.0 Å². The highest BCUT2D eigenvalue weighted by molar-refractivity contribution is 7.92. The number of sulfone groups is 1. The Morgan fingerprint density at radius 1 is 1.16 bits per heavy atom. The Kier molecular flexibility index (Phi) is 5.96. The number of alkyl halides is 3. The number of urea groups is 1. The summed E-state index contributed by atoms with van der Waals surface area (Å²) in [6, 6.07) is 3.18. The van der Waals surface area contributed by atoms with Crippen molar-refractivity contribution >= 4 is 39.1 Å². The van der Waals surface area contributed by atoms with E-state index in [4.69, 9.17) is 0 Å². The van der Waals surface area contributed by atoms with E-state index in [0.717, 1.165) is 17.0 Å². The van der Waals surface area contributed by atoms with E-state index in [1.807, 2.05) is 0 Å². The van der Waals surface area contributed by atoms with Gasteiger partial charge in [-0.3, -0.25) is 14.6 Å². The third-order valence-corrected chi connectivity index (χ3v) is 6.26. The number of anilines is 2. The minimum Gasteiger partial charge on any atom is -0.325 e. The molecule has 170 valence electrons. The smallest absolute Gasteiger partial charge is 0.325 e. The van der Waals surface area contributed by atoms with Crippen molar-refractivity contribution in [2.24, 2.45) is 0 Å². The monoisotopic (exact) mass is 470 g/mol. The first-order valence-electron chi connectivity index (χ1n) is 9.11. The average Bonchev–Trinajstić information content (AvgIpc) is 2.91. The van der Waals surface area contributed by atoms with Crippen molar-refractivity contribution < 1.29 is 36.0 Å². The Morgan fingerprint density at radius 2 is 1.78 bits per heavy atom. The second kappa shape index (κ2) is 8.22. The van der Waals surface area contributed by atoms with Crippen molar-refractivity contribution in [3.63, 3.8) is 0 Å². The van der Waals surface area contributed by atoms with Gasteiger partial charge in [0.05, 0.1) is 29.0 Å². The highest BCUT2D eigenvalue weighted by atomic mass is 32.2. The summed E-state index contributed by atoms with van der Waals surface area (Å²) in [5, 5.41) is 2.58. The molecule has 1 unspecified atom stereocenters. The standard InChI is InChI=1S/C19H17F3N4O5S/c1-11-17(28)26(14-3-5-15(6-4-14)32(30,31)19(20,21)22)18(29)25(11)10-13-7-8-23-9-16(13)24-12(2)27/h3-9,11H,10H2,1-2H3,(H,24,27). The van der Waals surface area contributed by atoms with Gasteiger partial charge < -0.3 is 10.2 Å². The second-order valence-corrected chi connectivity index (χ2v) is 8.86. The van der Waals surface area contributed by atoms with Gasteiger partial charge in [-0.05, 0) is 42.8 Å². The van der Waals surface area contributed by atoms with Crippen molar-refractivity contribution in [1.82, 2.24) is 9.88 Å². The van der Waals surface area contributed by atoms with Crippen LogP contribution in [0.3, 0.4) is 0 Å². The molecule has 1 aliphatic rings. The number of carbonyl (C=O) groups excluding carboxylic acids is 3. The van der Waals surface area contributed by atoms with Crippen LogP contribution < -0.4 is 10.2 Å². The Bertz CT molecular complexity index is 1180. The molecule has 0 saturated carbocycles. The molecular formula is C19H17F3N4O5S. The number of aromatic nitrogens is 1. The molecule has 32 heavy (non-hydrogen) atoms. The van der Waals surface area contributed by atoms with Crippen molar-refractivity contribution in [2.45, 2.75) is 36.8 Å². The minimum absolute atomic E-state index is 0.0547. The van der Waals surface area contributed by atoms with E-state index in [1.165, 1.54) is 31.1 Å². The summed E-state index contributed by atoms with van der Waals surface area (Å²) in [6.45, 7) is 2.72. The summed E-state index contributed by atoms with van der Waals surface area (Å²) in [5.41, 5.74) is -4.69. The van der Waals surface area contributed by atoms with E-state index in [1.54, 1.807) is 6.07 Å². The average molecular weight is 470 g/mol. The Balaban J connectivity index is 1.88. The van der Waals surface area contributed by atoms with E-state index in [0.29, 0.717) is 23.4 Å². The van der Waals surface area contributed by atoms with Gasteiger partial charge >= 0.3 is 11.5 Å². The quantitative estimate of drug-likeness (QED) is 0.672. The number of nitrogens with zero attached hydrogens (tertiary/aromatic N) is 3. The molecule has 13 heteroatoms. The molecule has 0 spiro atoms. The number of rotatable bonds is 5. The lowest BCUT2D eigenvalue weighted by Gasteiger charge is -2.21. The zero-order chi connectivity index (χ0) is 23.8. The molecule has 0 aliphatic carbocycles. The van der Waals surface area contributed by atoms with Crippen LogP contribution in [0.1, 0.15) is 19.4 Å². The summed E-state index contributed by atoms with van der Waals surface area (Å²) in [5.74, 6) is -0.997. The van der Waals surface area contributed by atoms with Gasteiger partial charge in [0.25, 0.3) is 15.7 Å². The molecule has 1 fully saturated rings. The van der Waals surface area contributed by atoms with Gasteiger partial charge in [0.2, 0.25) is 5.91 Å². The van der Waals surface area contributed by atoms with Crippen molar-refractivity contribution in [3.8, 4) is 0 Å². The number of pyridine rings is 1. The van der Waals surface area contributed by atoms with E-state index in [-0.39, 0.29) is 18.1 Å². The summed E-state index contributed by atoms with van der Waals surface area (Å²) < 4.78 is 61.2. The summed E-state index contributed by atoms with van der Waals surface area (Å²) in [7, 11) is -5.56. The zero-order valence-electron chi connectivity index (χ0n) is 16.8. The highest BCUT2D eigenvalue weighted by Crippen LogP contribution is 2.33. The van der Waals surface area contributed by atoms with E-state index in [2.05, 4.69) is 10.3 Å². The lowest BCUT2D eigenvalue weighted by molar-refractivity contribution is -0.119. The minimum atomic E-state index is -5.56. The molecule has 1 atom stereocenters. The fraction of sp³-hybridized carbons (Fsp3) is 0.263. The van der Waals surface area contributed by atoms with Crippen molar-refractivity contribution in [2.75, 3.05) is 10.2 Å². The van der Waals surface area contributed by atoms with Gasteiger partial charge in [0.15, 0.2) is 0 Å². The van der Waals surface area contributed by atoms with Gasteiger partial charge in [-0.2, -0.15) is 13.2 Å². The zero-order valence-corrected chi connectivity index (χ0v) is 17.6. The van der Waals surface area contributed by atoms with Crippen LogP contribution >= 0.6 is 0 Å². The molecule has 1 aliphatic heterocycles. The molecule has 0 bridgehead atoms. The van der Waals surface area contributed by atoms with Gasteiger partial charge in [0, 0.05) is 13.1 Å². The predicted octanol–water partition coefficient (Wildman–Crippen LogP) is 2.69. The Morgan fingerprint density at radius 3 is 2.34 bits per heavy atom. The molecule has 2 heterocycles. The summed E-state index contributed by atoms with van der Waals surface area (Å²) >= 11 is 0. The molecule has 1 aromatic carbocycles. The van der Waals surface area contributed by atoms with Crippen LogP contribution in [0.5, 0.6) is 0 Å². The van der Waals surface area contributed by atoms with E-state index in [9.17, 15) is 36.0 Å². The topological polar surface area (TPSA) is 117 Å². The summed E-state index contributed by atoms with van der Waals surface area (Å²) in [6.07, 6.45) is 2.84. The third kappa shape index (κ3) is 4.15. The number of halogens is 3. The largest absolute Gasteiger partial charge is 0.501 e. The Labute approximate surface area is 180 Å². The number of hydrogen-bond acceptors (Lipinski definition) is 6. The van der Waals surface area contributed by atoms with Crippen LogP contribution in [0.15, 0.2) is 47.6 Å². The molecule has 1 aromatic heterocycles. The molecule has 3 rings (SSSR count). The number of hydrogen-bond donors (Lipinski definition) is 1. The molecular weight excluding hydrogens is 453 g/mol. The molecule has 0 radical (unpaired) electrons. The van der Waals surface area contributed by atoms with Gasteiger partial charge in [-0.25, -0.2) is 18.1 Å². The summed E-state index contributed by atoms with van der Waals surface area (Å²) in [4.78, 5) is 41.9. The van der Waals surface area contributed by atoms with Crippen LogP contribution in [0.4, 0.5) is 29.3 Å². The number of nitrogens with one attached hydrogen (secondary N) is 1. The maximum absolute atomic E-state index is 12.9. The molecule has 1 N–H and O–H groups in total. The second-order valence-electron chi connectivity index (χ2n) is 6.92. The van der Waals surface area contributed by atoms with Gasteiger partial charge in [0.1, 0.15) is 6.04 Å². The maximum atomic E-state index is 12.9. The molecule has 9 nitrogen and oxygen atoms in total. The molecule has 1 saturated heterocycles. The fourth-order valence-corrected chi connectivity index (χ4v) is 3.87. The first kappa shape index (κ1) is 23.2. The van der Waals surface area contributed by atoms with E-state index < -0.39 is 38.2 Å². The Hall–Kier alpha value is -3.48. The maximum Gasteiger partial charge on any atom is 0.501 e. The van der Waals surface area contributed by atoms with Gasteiger partial charge in [-0.1, -0.05) is 0 Å². The van der Waals surface area contributed by atoms with Crippen LogP contribution in [0, 0.1) is 0 Å². The highest BCUT2D eigenvalue weighted by Gasteiger charge is 2.47. The van der Waals surface area contributed by atoms with Gasteiger partial charge in [-0.15, -0.1) is 0 Å². The first-order valence-corrected chi connectivity index (χ1v) is 10.6. The number of imide groups is 1. The van der Waals surface area contributed by atoms with Crippen LogP contribution in [0.2, 0.25) is 0 Å². The lowest BCUT2D eigenvalue weighted by Crippen LogP contribution is -2.33. The lowest BCUT2D eigenvalue weighted by atomic mass is 10.2.